The van der Waals surface area contributed by atoms with Gasteiger partial charge in [-0.1, -0.05) is 48.5 Å². The largest absolute Gasteiger partial charge is 0.439 e. The number of aryl methyl sites for hydroxylation is 3. The summed E-state index contributed by atoms with van der Waals surface area (Å²) >= 11 is 7.11. The van der Waals surface area contributed by atoms with Gasteiger partial charge in [0.25, 0.3) is 0 Å². The van der Waals surface area contributed by atoms with Crippen molar-refractivity contribution in [1.82, 2.24) is 45.7 Å². The Morgan fingerprint density at radius 1 is 0.422 bits per heavy atom. The summed E-state index contributed by atoms with van der Waals surface area (Å²) in [6.45, 7) is 14.0. The number of hydrogen-bond donors (Lipinski definition) is 4. The van der Waals surface area contributed by atoms with E-state index in [4.69, 9.17) is 31.2 Å². The summed E-state index contributed by atoms with van der Waals surface area (Å²) in [4.78, 5) is 85.1. The summed E-state index contributed by atoms with van der Waals surface area (Å²) in [5, 5.41) is 43.9. The van der Waals surface area contributed by atoms with Crippen LogP contribution < -0.4 is 62.3 Å². The number of fused-ring (bicyclic) bond motifs is 7. The van der Waals surface area contributed by atoms with E-state index in [1.165, 1.54) is 82.4 Å². The SMILES string of the molecule is CNC(=O)Nc1cccc(-c2csc3c(=O)cc(N4CCCCC4)oc23)c1.Cc1[nH]nc2cc(-c3csc4c(=O)cc(N5CCOCC5)oc34)ccc12.Cc1nnc(-c2cccc(-c3csc4c(=O)cc(N5CCCCC5)oc34)c2)o1.Cn1ncc2ccc(-c3csc4c(=O)cc(N5CCCCC5)oc34)cc21.O=c1cc(N2CCCCC2)oc2c(-c3ccn[nH]3)csc12. The first-order valence-electron chi connectivity index (χ1n) is 43.0. The number of carbonyl (C=O) groups is 1. The smallest absolute Gasteiger partial charge is 0.318 e. The van der Waals surface area contributed by atoms with Crippen LogP contribution in [0.5, 0.6) is 0 Å². The molecule has 2 amide bonds. The first-order chi connectivity index (χ1) is 62.6. The number of nitrogens with one attached hydrogen (secondary N) is 4. The third-order valence-electron chi connectivity index (χ3n) is 23.7. The highest BCUT2D eigenvalue weighted by Crippen LogP contribution is 2.43. The lowest BCUT2D eigenvalue weighted by Crippen LogP contribution is -2.36. The number of H-pyrrole nitrogens is 2. The number of benzene rings is 4. The molecule has 18 aromatic rings. The number of amides is 2. The van der Waals surface area contributed by atoms with Crippen LogP contribution in [0.3, 0.4) is 0 Å². The molecule has 5 saturated heterocycles. The lowest BCUT2D eigenvalue weighted by molar-refractivity contribution is 0.121. The molecule has 0 unspecified atom stereocenters. The predicted octanol–water partition coefficient (Wildman–Crippen LogP) is 20.3. The molecular weight excluding hydrogens is 1720 g/mol. The van der Waals surface area contributed by atoms with Gasteiger partial charge in [0.1, 0.15) is 23.5 Å². The molecule has 28 nitrogen and oxygen atoms in total. The quantitative estimate of drug-likeness (QED) is 0.0883. The van der Waals surface area contributed by atoms with E-state index in [1.807, 2.05) is 118 Å². The van der Waals surface area contributed by atoms with E-state index in [1.54, 1.807) is 50.5 Å². The maximum Gasteiger partial charge on any atom is 0.318 e. The van der Waals surface area contributed by atoms with E-state index in [0.717, 1.165) is 206 Å². The summed E-state index contributed by atoms with van der Waals surface area (Å²) in [6, 6.07) is 37.5. The second-order valence-corrected chi connectivity index (χ2v) is 36.6. The van der Waals surface area contributed by atoms with Crippen molar-refractivity contribution >= 4 is 171 Å². The highest BCUT2D eigenvalue weighted by Gasteiger charge is 2.27. The summed E-state index contributed by atoms with van der Waals surface area (Å²) in [7, 11) is 3.51. The number of rotatable bonds is 12. The second-order valence-electron chi connectivity index (χ2n) is 32.2. The average Bonchev–Trinajstić information content (AvgIpc) is 1.63. The zero-order valence-electron chi connectivity index (χ0n) is 70.8. The van der Waals surface area contributed by atoms with Crippen LogP contribution in [0.15, 0.2) is 211 Å². The minimum Gasteiger partial charge on any atom is -0.439 e. The van der Waals surface area contributed by atoms with Crippen LogP contribution in [0, 0.1) is 13.8 Å². The molecule has 5 aliphatic heterocycles. The van der Waals surface area contributed by atoms with Crippen molar-refractivity contribution in [2.45, 2.75) is 90.9 Å². The van der Waals surface area contributed by atoms with E-state index in [2.05, 4.69) is 95.1 Å². The Morgan fingerprint density at radius 3 is 1.28 bits per heavy atom. The minimum absolute atomic E-state index is 0.000633. The van der Waals surface area contributed by atoms with Crippen molar-refractivity contribution in [3.8, 4) is 67.2 Å². The third kappa shape index (κ3) is 17.8. The number of hydrogen-bond acceptors (Lipinski definition) is 28. The number of piperidine rings is 4. The number of morpholine rings is 1. The molecule has 5 aliphatic rings. The molecular formula is C95H91N15O13S5. The van der Waals surface area contributed by atoms with Crippen LogP contribution in [0.1, 0.15) is 88.6 Å². The highest BCUT2D eigenvalue weighted by atomic mass is 32.1. The van der Waals surface area contributed by atoms with Gasteiger partial charge in [-0.2, -0.15) is 15.3 Å². The Labute approximate surface area is 751 Å². The number of nitrogens with zero attached hydrogens (tertiary/aromatic N) is 11. The van der Waals surface area contributed by atoms with Gasteiger partial charge in [-0.15, -0.1) is 66.9 Å². The molecule has 0 radical (unpaired) electrons. The summed E-state index contributed by atoms with van der Waals surface area (Å²) in [5.41, 5.74) is 17.3. The summed E-state index contributed by atoms with van der Waals surface area (Å²) in [5.74, 6) is 4.32. The maximum absolute atomic E-state index is 12.7. The van der Waals surface area contributed by atoms with Crippen LogP contribution in [0.25, 0.3) is 140 Å². The molecule has 0 aliphatic carbocycles. The number of thiophene rings is 5. The first kappa shape index (κ1) is 84.4. The Balaban J connectivity index is 0.000000104. The Kier molecular flexibility index (Phi) is 24.7. The number of carbonyl (C=O) groups excluding carboxylic acids is 1. The normalized spacial score (nSPS) is 15.0. The van der Waals surface area contributed by atoms with Crippen molar-refractivity contribution in [2.75, 3.05) is 116 Å². The maximum atomic E-state index is 12.7. The Bertz CT molecular complexity index is 7390. The van der Waals surface area contributed by atoms with Crippen molar-refractivity contribution in [1.29, 1.82) is 0 Å². The molecule has 4 aromatic carbocycles. The molecule has 14 aromatic heterocycles. The molecule has 654 valence electrons. The molecule has 33 heteroatoms. The van der Waals surface area contributed by atoms with E-state index in [0.29, 0.717) is 112 Å². The molecule has 5 fully saturated rings. The van der Waals surface area contributed by atoms with Crippen LogP contribution in [0.2, 0.25) is 0 Å². The van der Waals surface area contributed by atoms with Gasteiger partial charge in [0.2, 0.25) is 38.9 Å². The minimum atomic E-state index is -0.277. The third-order valence-corrected chi connectivity index (χ3v) is 28.5. The monoisotopic (exact) mass is 1810 g/mol. The van der Waals surface area contributed by atoms with Crippen LogP contribution in [-0.4, -0.2) is 132 Å². The van der Waals surface area contributed by atoms with Crippen molar-refractivity contribution in [2.24, 2.45) is 7.05 Å². The molecule has 128 heavy (non-hydrogen) atoms. The fourth-order valence-electron chi connectivity index (χ4n) is 16.9. The Hall–Kier alpha value is -13.1. The van der Waals surface area contributed by atoms with Gasteiger partial charge in [-0.25, -0.2) is 4.79 Å². The van der Waals surface area contributed by atoms with Crippen molar-refractivity contribution in [3.05, 3.63) is 223 Å². The van der Waals surface area contributed by atoms with Gasteiger partial charge in [0.15, 0.2) is 57.3 Å². The predicted molar refractivity (Wildman–Crippen MR) is 513 cm³/mol. The number of ether oxygens (including phenoxy) is 1. The lowest BCUT2D eigenvalue weighted by Gasteiger charge is -2.27. The number of aromatic nitrogens is 8. The van der Waals surface area contributed by atoms with Crippen molar-refractivity contribution in [3.63, 3.8) is 0 Å². The molecule has 4 N–H and O–H groups in total. The van der Waals surface area contributed by atoms with E-state index in [-0.39, 0.29) is 33.2 Å². The standard InChI is InChI=1S/C21H19N3O3S.C20H21N3O3S.C20H19N3O2S.C19H17N3O3S.C15H15N3O2S/c1-13-22-23-21(26-13)15-7-5-6-14(10-15)16-12-28-20-17(25)11-18(27-19(16)20)24-8-3-2-4-9-24;1-21-20(25)22-14-7-5-6-13(10-14)15-12-27-19-16(24)11-17(26-18(15)19)23-8-3-2-4-9-23;1-22-16-9-13(5-6-14(16)11-21-22)15-12-26-20-17(24)10-18(25-19(15)20)23-7-3-2-4-8-23;1-11-13-3-2-12(8-15(13)21-20-11)14-10-26-19-16(23)9-17(25-18(14)19)22-4-6-24-7-5-22;19-12-8-13(18-6-2-1-3-7-18)20-14-10(9-21-15(12)14)11-4-5-16-17-11/h5-7,10-12H,2-4,8-9H2,1H3;5-7,10-12H,2-4,8-9H2,1H3,(H2,21,22,25);5-6,9-12H,2-4,7-8H2,1H3;2-3,8-10H,4-7H2,1H3,(H,20,21);4-5,8-9H,1-3,6-7H2,(H,16,17). The van der Waals surface area contributed by atoms with Gasteiger partial charge < -0.3 is 66.4 Å². The van der Waals surface area contributed by atoms with E-state index < -0.39 is 0 Å². The zero-order valence-corrected chi connectivity index (χ0v) is 74.9. The molecule has 0 saturated carbocycles. The number of aromatic amines is 2. The first-order valence-corrected chi connectivity index (χ1v) is 47.4. The zero-order chi connectivity index (χ0) is 87.5. The van der Waals surface area contributed by atoms with Crippen molar-refractivity contribution < 1.29 is 36.0 Å². The van der Waals surface area contributed by atoms with E-state index in [9.17, 15) is 28.8 Å². The average molecular weight is 1810 g/mol. The van der Waals surface area contributed by atoms with Gasteiger partial charge in [0, 0.05) is 200 Å². The fraction of sp³-hybridized carbons (Fsp3) is 0.295. The second kappa shape index (κ2) is 37.5. The van der Waals surface area contributed by atoms with Gasteiger partial charge >= 0.3 is 6.03 Å². The molecule has 0 spiro atoms. The summed E-state index contributed by atoms with van der Waals surface area (Å²) < 4.78 is 47.0. The number of anilines is 6. The Morgan fingerprint density at radius 2 is 0.836 bits per heavy atom. The topological polar surface area (TPSA) is 332 Å². The van der Waals surface area contributed by atoms with Gasteiger partial charge in [0.05, 0.1) is 41.7 Å². The van der Waals surface area contributed by atoms with Crippen LogP contribution in [-0.2, 0) is 11.8 Å². The van der Waals surface area contributed by atoms with Gasteiger partial charge in [-0.05, 0) is 149 Å². The molecule has 19 heterocycles. The van der Waals surface area contributed by atoms with Gasteiger partial charge in [-0.3, -0.25) is 38.9 Å². The fourth-order valence-corrected chi connectivity index (χ4v) is 21.4. The summed E-state index contributed by atoms with van der Waals surface area (Å²) in [6.07, 6.45) is 17.6. The molecule has 0 bridgehead atoms. The molecule has 23 rings (SSSR count). The lowest BCUT2D eigenvalue weighted by atomic mass is 10.0. The van der Waals surface area contributed by atoms with Crippen LogP contribution >= 0.6 is 56.7 Å². The number of urea groups is 1. The van der Waals surface area contributed by atoms with Crippen LogP contribution in [0.4, 0.5) is 39.9 Å². The van der Waals surface area contributed by atoms with E-state index >= 15 is 0 Å². The highest BCUT2D eigenvalue weighted by molar-refractivity contribution is 7.19. The molecule has 0 atom stereocenters.